The van der Waals surface area contributed by atoms with Gasteiger partial charge in [0.1, 0.15) is 18.3 Å². The van der Waals surface area contributed by atoms with Gasteiger partial charge in [0.25, 0.3) is 11.8 Å². The molecule has 3 unspecified atom stereocenters. The van der Waals surface area contributed by atoms with E-state index >= 15 is 0 Å². The number of ether oxygens (including phenoxy) is 1. The van der Waals surface area contributed by atoms with E-state index in [1.165, 1.54) is 20.5 Å². The Balaban J connectivity index is 1.27. The molecule has 15 heteroatoms. The average molecular weight is 628 g/mol. The second-order valence-electron chi connectivity index (χ2n) is 11.5. The van der Waals surface area contributed by atoms with Crippen LogP contribution in [-0.4, -0.2) is 123 Å². The Labute approximate surface area is 259 Å². The number of piperazine rings is 1. The number of carbonyl (C=O) groups is 5. The molecule has 242 valence electrons. The van der Waals surface area contributed by atoms with Crippen molar-refractivity contribution in [1.82, 2.24) is 35.1 Å². The zero-order valence-corrected chi connectivity index (χ0v) is 25.1. The van der Waals surface area contributed by atoms with Gasteiger partial charge in [0.2, 0.25) is 17.7 Å². The van der Waals surface area contributed by atoms with Crippen molar-refractivity contribution in [3.8, 4) is 11.6 Å². The van der Waals surface area contributed by atoms with E-state index in [9.17, 15) is 28.4 Å². The summed E-state index contributed by atoms with van der Waals surface area (Å²) in [4.78, 5) is 67.6. The van der Waals surface area contributed by atoms with Crippen molar-refractivity contribution in [3.63, 3.8) is 0 Å². The van der Waals surface area contributed by atoms with E-state index in [1.807, 2.05) is 0 Å². The quantitative estimate of drug-likeness (QED) is 0.353. The first-order valence-corrected chi connectivity index (χ1v) is 15.2. The summed E-state index contributed by atoms with van der Waals surface area (Å²) in [7, 11) is 0. The van der Waals surface area contributed by atoms with Gasteiger partial charge in [0.15, 0.2) is 12.3 Å². The molecule has 3 N–H and O–H groups in total. The zero-order valence-electron chi connectivity index (χ0n) is 25.1. The Bertz CT molecular complexity index is 1410. The summed E-state index contributed by atoms with van der Waals surface area (Å²) >= 11 is 0. The molecule has 5 rings (SSSR count). The van der Waals surface area contributed by atoms with Crippen molar-refractivity contribution in [2.75, 3.05) is 39.3 Å². The summed E-state index contributed by atoms with van der Waals surface area (Å²) < 4.78 is 21.8. The van der Waals surface area contributed by atoms with Crippen LogP contribution in [0.5, 0.6) is 5.88 Å². The molecular weight excluding hydrogens is 589 g/mol. The molecule has 14 nitrogen and oxygen atoms in total. The average Bonchev–Trinajstić information content (AvgIpc) is 3.68. The lowest BCUT2D eigenvalue weighted by atomic mass is 9.93. The topological polar surface area (TPSA) is 166 Å². The molecular formula is C30H38FN7O7. The predicted molar refractivity (Wildman–Crippen MR) is 158 cm³/mol. The van der Waals surface area contributed by atoms with Gasteiger partial charge in [-0.3, -0.25) is 19.2 Å². The number of rotatable bonds is 10. The molecule has 2 saturated heterocycles. The Morgan fingerprint density at radius 2 is 1.69 bits per heavy atom. The number of nitrogens with zero attached hydrogens (tertiary/aromatic N) is 5. The molecule has 0 bridgehead atoms. The molecule has 0 radical (unpaired) electrons. The second-order valence-corrected chi connectivity index (χ2v) is 11.5. The van der Waals surface area contributed by atoms with Gasteiger partial charge in [-0.15, -0.1) is 0 Å². The molecule has 3 heterocycles. The smallest absolute Gasteiger partial charge is 0.407 e. The van der Waals surface area contributed by atoms with Gasteiger partial charge >= 0.3 is 6.09 Å². The van der Waals surface area contributed by atoms with Crippen LogP contribution in [0.25, 0.3) is 5.69 Å². The van der Waals surface area contributed by atoms with Gasteiger partial charge in [-0.25, -0.2) is 13.9 Å². The van der Waals surface area contributed by atoms with Crippen LogP contribution in [0.1, 0.15) is 49.5 Å². The summed E-state index contributed by atoms with van der Waals surface area (Å²) in [6.07, 6.45) is 1.38. The third kappa shape index (κ3) is 7.35. The highest BCUT2D eigenvalue weighted by atomic mass is 19.1. The van der Waals surface area contributed by atoms with Crippen molar-refractivity contribution in [2.24, 2.45) is 0 Å². The number of alkyl halides is 1. The van der Waals surface area contributed by atoms with E-state index < -0.39 is 42.8 Å². The van der Waals surface area contributed by atoms with E-state index in [-0.39, 0.29) is 55.6 Å². The standard InChI is InChI=1S/C30H38FN7O7/c1-19(31)26(29(42)35-13-15-36(16-14-35)30(43)44)33-27(40)22-17-25(38(34-22)21-9-3-2-4-10-21)45-18-24(39)37-12-6-11-23(37)28(41)32-20-7-5-8-20/h2-4,9-10,17,19-20,23,26H,5-8,11-16,18H2,1H3,(H,32,41)(H,33,40)(H,43,44). The number of carboxylic acid groups (broad SMARTS) is 1. The molecule has 45 heavy (non-hydrogen) atoms. The van der Waals surface area contributed by atoms with E-state index in [2.05, 4.69) is 15.7 Å². The minimum Gasteiger partial charge on any atom is -0.467 e. The third-order valence-electron chi connectivity index (χ3n) is 8.45. The molecule has 1 saturated carbocycles. The number of hydrogen-bond donors (Lipinski definition) is 3. The van der Waals surface area contributed by atoms with Crippen molar-refractivity contribution < 1.29 is 38.2 Å². The first-order valence-electron chi connectivity index (χ1n) is 15.2. The van der Waals surface area contributed by atoms with Gasteiger partial charge in [-0.2, -0.15) is 5.10 Å². The molecule has 1 aromatic heterocycles. The minimum absolute atomic E-state index is 0.0651. The summed E-state index contributed by atoms with van der Waals surface area (Å²) in [5.41, 5.74) is 0.357. The minimum atomic E-state index is -1.75. The SMILES string of the molecule is CC(F)C(NC(=O)c1cc(OCC(=O)N2CCCC2C(=O)NC2CCC2)n(-c2ccccc2)n1)C(=O)N1CCN(C(=O)O)CC1. The van der Waals surface area contributed by atoms with Crippen LogP contribution >= 0.6 is 0 Å². The number of likely N-dealkylation sites (tertiary alicyclic amines) is 1. The Kier molecular flexibility index (Phi) is 9.83. The summed E-state index contributed by atoms with van der Waals surface area (Å²) in [6, 6.07) is 8.11. The molecule has 3 aliphatic rings. The van der Waals surface area contributed by atoms with E-state index in [4.69, 9.17) is 9.84 Å². The molecule has 2 aliphatic heterocycles. The maximum Gasteiger partial charge on any atom is 0.407 e. The van der Waals surface area contributed by atoms with Gasteiger partial charge in [-0.1, -0.05) is 18.2 Å². The van der Waals surface area contributed by atoms with Gasteiger partial charge < -0.3 is 35.2 Å². The van der Waals surface area contributed by atoms with E-state index in [1.54, 1.807) is 30.3 Å². The lowest BCUT2D eigenvalue weighted by Gasteiger charge is -2.35. The normalized spacial score (nSPS) is 19.8. The lowest BCUT2D eigenvalue weighted by molar-refractivity contribution is -0.140. The second kappa shape index (κ2) is 13.9. The fourth-order valence-electron chi connectivity index (χ4n) is 5.64. The highest BCUT2D eigenvalue weighted by molar-refractivity contribution is 5.96. The fraction of sp³-hybridized carbons (Fsp3) is 0.533. The highest BCUT2D eigenvalue weighted by Crippen LogP contribution is 2.24. The van der Waals surface area contributed by atoms with Crippen molar-refractivity contribution >= 4 is 29.7 Å². The van der Waals surface area contributed by atoms with E-state index in [0.29, 0.717) is 25.1 Å². The first kappa shape index (κ1) is 31.7. The Hall–Kier alpha value is -4.69. The van der Waals surface area contributed by atoms with Gasteiger partial charge in [-0.05, 0) is 51.2 Å². The molecule has 5 amide bonds. The van der Waals surface area contributed by atoms with Crippen LogP contribution in [0.2, 0.25) is 0 Å². The fourth-order valence-corrected chi connectivity index (χ4v) is 5.64. The van der Waals surface area contributed by atoms with E-state index in [0.717, 1.165) is 31.1 Å². The molecule has 1 aromatic carbocycles. The molecule has 0 spiro atoms. The number of benzene rings is 1. The van der Waals surface area contributed by atoms with Crippen molar-refractivity contribution in [2.45, 2.75) is 63.3 Å². The number of nitrogens with one attached hydrogen (secondary N) is 2. The lowest BCUT2D eigenvalue weighted by Crippen LogP contribution is -2.57. The molecule has 3 atom stereocenters. The van der Waals surface area contributed by atoms with Crippen LogP contribution in [0, 0.1) is 0 Å². The van der Waals surface area contributed by atoms with Crippen LogP contribution in [0.15, 0.2) is 36.4 Å². The maximum absolute atomic E-state index is 14.7. The van der Waals surface area contributed by atoms with Gasteiger partial charge in [0, 0.05) is 44.8 Å². The summed E-state index contributed by atoms with van der Waals surface area (Å²) in [6.45, 7) is 1.46. The van der Waals surface area contributed by atoms with Gasteiger partial charge in [0.05, 0.1) is 5.69 Å². The predicted octanol–water partition coefficient (Wildman–Crippen LogP) is 1.19. The number of carbonyl (C=O) groups excluding carboxylic acids is 4. The monoisotopic (exact) mass is 627 g/mol. The molecule has 2 aromatic rings. The first-order chi connectivity index (χ1) is 21.6. The van der Waals surface area contributed by atoms with Crippen molar-refractivity contribution in [3.05, 3.63) is 42.1 Å². The number of para-hydroxylation sites is 1. The van der Waals surface area contributed by atoms with Crippen LogP contribution in [0.3, 0.4) is 0 Å². The molecule has 3 fully saturated rings. The Morgan fingerprint density at radius 1 is 1.00 bits per heavy atom. The maximum atomic E-state index is 14.7. The number of aromatic nitrogens is 2. The van der Waals surface area contributed by atoms with Crippen molar-refractivity contribution in [1.29, 1.82) is 0 Å². The molecule has 1 aliphatic carbocycles. The van der Waals surface area contributed by atoms with Crippen LogP contribution < -0.4 is 15.4 Å². The number of amides is 5. The largest absolute Gasteiger partial charge is 0.467 e. The number of hydrogen-bond acceptors (Lipinski definition) is 7. The zero-order chi connectivity index (χ0) is 32.1. The summed E-state index contributed by atoms with van der Waals surface area (Å²) in [5, 5.41) is 18.9. The van der Waals surface area contributed by atoms with Crippen LogP contribution in [-0.2, 0) is 14.4 Å². The third-order valence-corrected chi connectivity index (χ3v) is 8.45. The Morgan fingerprint density at radius 3 is 2.31 bits per heavy atom. The highest BCUT2D eigenvalue weighted by Gasteiger charge is 2.37. The number of halogens is 1. The summed E-state index contributed by atoms with van der Waals surface area (Å²) in [5.74, 6) is -1.98. The van der Waals surface area contributed by atoms with Crippen LogP contribution in [0.4, 0.5) is 9.18 Å².